The van der Waals surface area contributed by atoms with Crippen molar-refractivity contribution < 1.29 is 4.74 Å². The maximum atomic E-state index is 5.79. The second-order valence-electron chi connectivity index (χ2n) is 6.24. The van der Waals surface area contributed by atoms with Gasteiger partial charge in [-0.2, -0.15) is 0 Å². The molecule has 2 heteroatoms. The maximum Gasteiger partial charge on any atom is 0.119 e. The van der Waals surface area contributed by atoms with Crippen LogP contribution in [0.3, 0.4) is 0 Å². The predicted octanol–water partition coefficient (Wildman–Crippen LogP) is 4.26. The molecule has 108 valence electrons. The van der Waals surface area contributed by atoms with Crippen LogP contribution in [0.25, 0.3) is 0 Å². The van der Waals surface area contributed by atoms with Gasteiger partial charge in [0.2, 0.25) is 0 Å². The summed E-state index contributed by atoms with van der Waals surface area (Å²) >= 11 is 0. The van der Waals surface area contributed by atoms with Gasteiger partial charge in [-0.05, 0) is 58.2 Å². The van der Waals surface area contributed by atoms with Crippen molar-refractivity contribution in [2.75, 3.05) is 13.2 Å². The lowest BCUT2D eigenvalue weighted by atomic mass is 9.98. The molecule has 19 heavy (non-hydrogen) atoms. The zero-order valence-corrected chi connectivity index (χ0v) is 12.9. The fraction of sp³-hybridized carbons (Fsp3) is 0.647. The summed E-state index contributed by atoms with van der Waals surface area (Å²) in [5.41, 5.74) is 0.201. The van der Waals surface area contributed by atoms with Crippen LogP contribution in [0.1, 0.15) is 47.0 Å². The molecule has 1 atom stereocenters. The van der Waals surface area contributed by atoms with Gasteiger partial charge in [0.25, 0.3) is 0 Å². The molecule has 0 fully saturated rings. The van der Waals surface area contributed by atoms with Crippen LogP contribution in [0.2, 0.25) is 0 Å². The van der Waals surface area contributed by atoms with Crippen molar-refractivity contribution in [2.45, 2.75) is 52.5 Å². The summed E-state index contributed by atoms with van der Waals surface area (Å²) in [5.74, 6) is 1.68. The molecule has 0 aliphatic carbocycles. The van der Waals surface area contributed by atoms with Crippen LogP contribution in [-0.2, 0) is 0 Å². The average molecular weight is 263 g/mol. The Morgan fingerprint density at radius 3 is 2.37 bits per heavy atom. The monoisotopic (exact) mass is 263 g/mol. The number of nitrogens with one attached hydrogen (secondary N) is 1. The van der Waals surface area contributed by atoms with Crippen molar-refractivity contribution in [1.29, 1.82) is 0 Å². The first-order valence-corrected chi connectivity index (χ1v) is 7.44. The minimum Gasteiger partial charge on any atom is -0.494 e. The molecule has 0 aromatic heterocycles. The van der Waals surface area contributed by atoms with Crippen molar-refractivity contribution in [3.05, 3.63) is 30.3 Å². The van der Waals surface area contributed by atoms with Crippen LogP contribution >= 0.6 is 0 Å². The Morgan fingerprint density at radius 2 is 1.79 bits per heavy atom. The molecule has 0 saturated carbocycles. The van der Waals surface area contributed by atoms with E-state index in [0.717, 1.165) is 25.3 Å². The van der Waals surface area contributed by atoms with E-state index in [9.17, 15) is 0 Å². The van der Waals surface area contributed by atoms with Crippen LogP contribution in [0.5, 0.6) is 5.75 Å². The topological polar surface area (TPSA) is 21.3 Å². The second kappa shape index (κ2) is 8.21. The Morgan fingerprint density at radius 1 is 1.11 bits per heavy atom. The summed E-state index contributed by atoms with van der Waals surface area (Å²) in [4.78, 5) is 0. The largest absolute Gasteiger partial charge is 0.494 e. The normalized spacial score (nSPS) is 13.3. The number of benzene rings is 1. The number of ether oxygens (including phenoxy) is 1. The van der Waals surface area contributed by atoms with Crippen LogP contribution in [-0.4, -0.2) is 18.7 Å². The van der Waals surface area contributed by atoms with E-state index >= 15 is 0 Å². The molecule has 0 aliphatic heterocycles. The highest BCUT2D eigenvalue weighted by Crippen LogP contribution is 2.14. The molecule has 1 N–H and O–H groups in total. The molecule has 0 saturated heterocycles. The van der Waals surface area contributed by atoms with E-state index in [1.807, 2.05) is 30.3 Å². The Bertz CT molecular complexity index is 329. The van der Waals surface area contributed by atoms with Gasteiger partial charge in [0, 0.05) is 5.54 Å². The lowest BCUT2D eigenvalue weighted by molar-refractivity contribution is 0.257. The number of hydrogen-bond acceptors (Lipinski definition) is 2. The SMILES string of the molecule is CCCC(CCOc1ccccc1)CNC(C)(C)C. The summed E-state index contributed by atoms with van der Waals surface area (Å²) in [6.45, 7) is 10.8. The Balaban J connectivity index is 2.29. The molecular formula is C17H29NO. The molecule has 0 amide bonds. The van der Waals surface area contributed by atoms with Crippen molar-refractivity contribution >= 4 is 0 Å². The third kappa shape index (κ3) is 7.89. The first kappa shape index (κ1) is 16.0. The number of para-hydroxylation sites is 1. The highest BCUT2D eigenvalue weighted by molar-refractivity contribution is 5.20. The van der Waals surface area contributed by atoms with Crippen molar-refractivity contribution in [3.63, 3.8) is 0 Å². The predicted molar refractivity (Wildman–Crippen MR) is 82.7 cm³/mol. The number of hydrogen-bond donors (Lipinski definition) is 1. The van der Waals surface area contributed by atoms with E-state index in [1.165, 1.54) is 12.8 Å². The van der Waals surface area contributed by atoms with E-state index in [2.05, 4.69) is 33.0 Å². The maximum absolute atomic E-state index is 5.79. The molecule has 0 bridgehead atoms. The smallest absolute Gasteiger partial charge is 0.119 e. The summed E-state index contributed by atoms with van der Waals surface area (Å²) in [6, 6.07) is 10.1. The van der Waals surface area contributed by atoms with Crippen molar-refractivity contribution in [1.82, 2.24) is 5.32 Å². The Kier molecular flexibility index (Phi) is 6.93. The second-order valence-corrected chi connectivity index (χ2v) is 6.24. The van der Waals surface area contributed by atoms with Gasteiger partial charge in [-0.25, -0.2) is 0 Å². The van der Waals surface area contributed by atoms with Gasteiger partial charge in [0.1, 0.15) is 5.75 Å². The minimum absolute atomic E-state index is 0.201. The molecule has 1 unspecified atom stereocenters. The van der Waals surface area contributed by atoms with Gasteiger partial charge in [0.05, 0.1) is 6.61 Å². The molecule has 0 heterocycles. The zero-order chi connectivity index (χ0) is 14.1. The van der Waals surface area contributed by atoms with Gasteiger partial charge in [0.15, 0.2) is 0 Å². The van der Waals surface area contributed by atoms with Crippen LogP contribution < -0.4 is 10.1 Å². The third-order valence-corrected chi connectivity index (χ3v) is 3.16. The van der Waals surface area contributed by atoms with Crippen LogP contribution in [0.4, 0.5) is 0 Å². The van der Waals surface area contributed by atoms with Crippen LogP contribution in [0, 0.1) is 5.92 Å². The first-order chi connectivity index (χ1) is 9.01. The molecule has 2 nitrogen and oxygen atoms in total. The van der Waals surface area contributed by atoms with Crippen LogP contribution in [0.15, 0.2) is 30.3 Å². The zero-order valence-electron chi connectivity index (χ0n) is 12.9. The quantitative estimate of drug-likeness (QED) is 0.756. The van der Waals surface area contributed by atoms with E-state index in [0.29, 0.717) is 5.92 Å². The van der Waals surface area contributed by atoms with E-state index in [1.54, 1.807) is 0 Å². The van der Waals surface area contributed by atoms with Gasteiger partial charge in [-0.3, -0.25) is 0 Å². The van der Waals surface area contributed by atoms with E-state index in [-0.39, 0.29) is 5.54 Å². The minimum atomic E-state index is 0.201. The number of rotatable bonds is 8. The summed E-state index contributed by atoms with van der Waals surface area (Å²) in [5, 5.41) is 3.60. The molecular weight excluding hydrogens is 234 g/mol. The lowest BCUT2D eigenvalue weighted by Crippen LogP contribution is -2.39. The Hall–Kier alpha value is -1.02. The van der Waals surface area contributed by atoms with Gasteiger partial charge in [-0.1, -0.05) is 31.5 Å². The molecule has 0 spiro atoms. The third-order valence-electron chi connectivity index (χ3n) is 3.16. The summed E-state index contributed by atoms with van der Waals surface area (Å²) in [6.07, 6.45) is 3.62. The summed E-state index contributed by atoms with van der Waals surface area (Å²) in [7, 11) is 0. The molecule has 1 aromatic carbocycles. The highest BCUT2D eigenvalue weighted by Gasteiger charge is 2.13. The van der Waals surface area contributed by atoms with Crippen molar-refractivity contribution in [3.8, 4) is 5.75 Å². The fourth-order valence-corrected chi connectivity index (χ4v) is 2.07. The standard InChI is InChI=1S/C17H29NO/c1-5-9-15(14-18-17(2,3)4)12-13-19-16-10-7-6-8-11-16/h6-8,10-11,15,18H,5,9,12-14H2,1-4H3. The molecule has 0 aliphatic rings. The molecule has 1 aromatic rings. The van der Waals surface area contributed by atoms with Crippen molar-refractivity contribution in [2.24, 2.45) is 5.92 Å². The summed E-state index contributed by atoms with van der Waals surface area (Å²) < 4.78 is 5.79. The average Bonchev–Trinajstić information content (AvgIpc) is 2.36. The van der Waals surface area contributed by atoms with E-state index in [4.69, 9.17) is 4.74 Å². The fourth-order valence-electron chi connectivity index (χ4n) is 2.07. The Labute approximate surface area is 118 Å². The lowest BCUT2D eigenvalue weighted by Gasteiger charge is -2.25. The highest BCUT2D eigenvalue weighted by atomic mass is 16.5. The van der Waals surface area contributed by atoms with Gasteiger partial charge in [-0.15, -0.1) is 0 Å². The van der Waals surface area contributed by atoms with Gasteiger partial charge >= 0.3 is 0 Å². The van der Waals surface area contributed by atoms with Gasteiger partial charge < -0.3 is 10.1 Å². The first-order valence-electron chi connectivity index (χ1n) is 7.44. The van der Waals surface area contributed by atoms with E-state index < -0.39 is 0 Å². The molecule has 0 radical (unpaired) electrons. The molecule has 1 rings (SSSR count).